The van der Waals surface area contributed by atoms with Gasteiger partial charge in [-0.05, 0) is 31.6 Å². The molecule has 0 N–H and O–H groups in total. The Morgan fingerprint density at radius 1 is 0.800 bits per heavy atom. The van der Waals surface area contributed by atoms with E-state index in [0.29, 0.717) is 6.54 Å². The number of rotatable bonds is 13. The van der Waals surface area contributed by atoms with E-state index in [0.717, 1.165) is 32.0 Å². The highest BCUT2D eigenvalue weighted by Gasteiger charge is 2.12. The maximum Gasteiger partial charge on any atom is 0.0811 e. The first-order chi connectivity index (χ1) is 9.93. The second-order valence-electron chi connectivity index (χ2n) is 6.26. The van der Waals surface area contributed by atoms with Crippen molar-refractivity contribution in [1.29, 1.82) is 0 Å². The van der Waals surface area contributed by atoms with Gasteiger partial charge in [-0.15, -0.1) is 0 Å². The summed E-state index contributed by atoms with van der Waals surface area (Å²) in [6.07, 6.45) is 16.9. The van der Waals surface area contributed by atoms with Crippen molar-refractivity contribution in [3.8, 4) is 0 Å². The highest BCUT2D eigenvalue weighted by atomic mass is 16.5. The van der Waals surface area contributed by atoms with Gasteiger partial charge in [0.15, 0.2) is 0 Å². The predicted molar refractivity (Wildman–Crippen MR) is 85.0 cm³/mol. The summed E-state index contributed by atoms with van der Waals surface area (Å²) in [5.74, 6) is 0.851. The van der Waals surface area contributed by atoms with Gasteiger partial charge in [0.25, 0.3) is 0 Å². The Morgan fingerprint density at radius 2 is 1.40 bits per heavy atom. The van der Waals surface area contributed by atoms with Crippen molar-refractivity contribution in [2.24, 2.45) is 11.1 Å². The Morgan fingerprint density at radius 3 is 2.05 bits per heavy atom. The second-order valence-corrected chi connectivity index (χ2v) is 6.26. The van der Waals surface area contributed by atoms with Crippen molar-refractivity contribution < 1.29 is 4.74 Å². The van der Waals surface area contributed by atoms with Crippen molar-refractivity contribution in [3.63, 3.8) is 0 Å². The highest BCUT2D eigenvalue weighted by Crippen LogP contribution is 2.23. The van der Waals surface area contributed by atoms with Crippen molar-refractivity contribution in [2.45, 2.75) is 83.5 Å². The fourth-order valence-corrected chi connectivity index (χ4v) is 3.04. The van der Waals surface area contributed by atoms with Gasteiger partial charge >= 0.3 is 0 Å². The first kappa shape index (κ1) is 17.6. The van der Waals surface area contributed by atoms with Gasteiger partial charge in [0, 0.05) is 13.2 Å². The topological polar surface area (TPSA) is 38.7 Å². The number of hydrogen-bond acceptors (Lipinski definition) is 3. The van der Waals surface area contributed by atoms with Gasteiger partial charge in [-0.2, -0.15) is 4.91 Å². The molecule has 20 heavy (non-hydrogen) atoms. The van der Waals surface area contributed by atoms with E-state index in [1.54, 1.807) is 0 Å². The minimum atomic E-state index is 0.498. The maximum absolute atomic E-state index is 9.90. The van der Waals surface area contributed by atoms with Crippen LogP contribution in [-0.2, 0) is 4.74 Å². The average Bonchev–Trinajstić information content (AvgIpc) is 2.49. The van der Waals surface area contributed by atoms with E-state index in [2.05, 4.69) is 5.18 Å². The molecule has 0 aliphatic heterocycles. The molecule has 1 aliphatic rings. The zero-order valence-electron chi connectivity index (χ0n) is 13.2. The third kappa shape index (κ3) is 10.4. The zero-order chi connectivity index (χ0) is 14.3. The van der Waals surface area contributed by atoms with Crippen LogP contribution >= 0.6 is 0 Å². The summed E-state index contributed by atoms with van der Waals surface area (Å²) in [7, 11) is 0. The molecule has 3 heteroatoms. The number of nitrogens with zero attached hydrogens (tertiary/aromatic N) is 1. The van der Waals surface area contributed by atoms with Crippen molar-refractivity contribution in [1.82, 2.24) is 0 Å². The van der Waals surface area contributed by atoms with Crippen molar-refractivity contribution >= 4 is 0 Å². The monoisotopic (exact) mass is 283 g/mol. The van der Waals surface area contributed by atoms with Crippen LogP contribution in [0.5, 0.6) is 0 Å². The summed E-state index contributed by atoms with van der Waals surface area (Å²) < 4.78 is 5.81. The Kier molecular flexibility index (Phi) is 11.9. The Balaban J connectivity index is 1.71. The third-order valence-electron chi connectivity index (χ3n) is 4.37. The summed E-state index contributed by atoms with van der Waals surface area (Å²) >= 11 is 0. The SMILES string of the molecule is O=NCCCCCCCCCCOCC1CCCCC1. The highest BCUT2D eigenvalue weighted by molar-refractivity contribution is 4.64. The summed E-state index contributed by atoms with van der Waals surface area (Å²) in [4.78, 5) is 9.90. The Bertz CT molecular complexity index is 215. The first-order valence-electron chi connectivity index (χ1n) is 8.80. The molecule has 3 nitrogen and oxygen atoms in total. The van der Waals surface area contributed by atoms with Gasteiger partial charge in [0.1, 0.15) is 0 Å². The maximum atomic E-state index is 9.90. The molecule has 1 fully saturated rings. The van der Waals surface area contributed by atoms with Crippen LogP contribution in [0.2, 0.25) is 0 Å². The molecule has 1 aliphatic carbocycles. The van der Waals surface area contributed by atoms with E-state index in [1.165, 1.54) is 70.6 Å². The molecule has 0 spiro atoms. The quantitative estimate of drug-likeness (QED) is 0.332. The fraction of sp³-hybridized carbons (Fsp3) is 1.00. The molecule has 1 saturated carbocycles. The molecule has 0 radical (unpaired) electrons. The molecular weight excluding hydrogens is 250 g/mol. The Hall–Kier alpha value is -0.440. The zero-order valence-corrected chi connectivity index (χ0v) is 13.2. The minimum Gasteiger partial charge on any atom is -0.381 e. The van der Waals surface area contributed by atoms with Gasteiger partial charge in [0.2, 0.25) is 0 Å². The normalized spacial score (nSPS) is 16.4. The van der Waals surface area contributed by atoms with Gasteiger partial charge in [-0.1, -0.05) is 63.0 Å². The summed E-state index contributed by atoms with van der Waals surface area (Å²) in [6, 6.07) is 0. The molecule has 0 unspecified atom stereocenters. The van der Waals surface area contributed by atoms with Gasteiger partial charge in [-0.25, -0.2) is 0 Å². The molecule has 1 rings (SSSR count). The largest absolute Gasteiger partial charge is 0.381 e. The molecule has 0 bridgehead atoms. The Labute approximate surface area is 124 Å². The van der Waals surface area contributed by atoms with Crippen molar-refractivity contribution in [3.05, 3.63) is 4.91 Å². The molecular formula is C17H33NO2. The van der Waals surface area contributed by atoms with E-state index >= 15 is 0 Å². The number of hydrogen-bond donors (Lipinski definition) is 0. The summed E-state index contributed by atoms with van der Waals surface area (Å²) in [5, 5.41) is 2.88. The standard InChI is InChI=1S/C17H33NO2/c19-18-14-10-5-3-1-2-4-6-11-15-20-16-17-12-8-7-9-13-17/h17H,1-16H2. The second kappa shape index (κ2) is 13.5. The van der Waals surface area contributed by atoms with Crippen LogP contribution in [-0.4, -0.2) is 19.8 Å². The number of nitroso groups, excluding NO2 is 1. The molecule has 0 heterocycles. The van der Waals surface area contributed by atoms with Crippen LogP contribution in [0.25, 0.3) is 0 Å². The molecule has 0 atom stereocenters. The van der Waals surface area contributed by atoms with Crippen LogP contribution in [0.1, 0.15) is 83.5 Å². The lowest BCUT2D eigenvalue weighted by atomic mass is 9.90. The predicted octanol–water partition coefficient (Wildman–Crippen LogP) is 5.47. The number of unbranched alkanes of at least 4 members (excludes halogenated alkanes) is 7. The van der Waals surface area contributed by atoms with E-state index in [4.69, 9.17) is 4.74 Å². The average molecular weight is 283 g/mol. The lowest BCUT2D eigenvalue weighted by Gasteiger charge is -2.21. The number of ether oxygens (including phenoxy) is 1. The van der Waals surface area contributed by atoms with Crippen molar-refractivity contribution in [2.75, 3.05) is 19.8 Å². The first-order valence-corrected chi connectivity index (χ1v) is 8.80. The molecule has 0 saturated heterocycles. The summed E-state index contributed by atoms with van der Waals surface area (Å²) in [5.41, 5.74) is 0. The molecule has 118 valence electrons. The van der Waals surface area contributed by atoms with Gasteiger partial charge in [-0.3, -0.25) is 0 Å². The fourth-order valence-electron chi connectivity index (χ4n) is 3.04. The molecule has 0 amide bonds. The summed E-state index contributed by atoms with van der Waals surface area (Å²) in [6.45, 7) is 2.46. The van der Waals surface area contributed by atoms with Gasteiger partial charge in [0.05, 0.1) is 6.54 Å². The van der Waals surface area contributed by atoms with E-state index in [-0.39, 0.29) is 0 Å². The molecule has 0 aromatic carbocycles. The smallest absolute Gasteiger partial charge is 0.0811 e. The molecule has 0 aromatic rings. The van der Waals surface area contributed by atoms with E-state index in [9.17, 15) is 4.91 Å². The van der Waals surface area contributed by atoms with E-state index < -0.39 is 0 Å². The third-order valence-corrected chi connectivity index (χ3v) is 4.37. The van der Waals surface area contributed by atoms with Crippen LogP contribution < -0.4 is 0 Å². The lowest BCUT2D eigenvalue weighted by Crippen LogP contribution is -2.13. The van der Waals surface area contributed by atoms with Crippen LogP contribution in [0, 0.1) is 10.8 Å². The van der Waals surface area contributed by atoms with E-state index in [1.807, 2.05) is 0 Å². The van der Waals surface area contributed by atoms with Crippen LogP contribution in [0.15, 0.2) is 5.18 Å². The molecule has 0 aromatic heterocycles. The van der Waals surface area contributed by atoms with Gasteiger partial charge < -0.3 is 4.74 Å². The lowest BCUT2D eigenvalue weighted by molar-refractivity contribution is 0.0824. The minimum absolute atomic E-state index is 0.498. The van der Waals surface area contributed by atoms with Crippen LogP contribution in [0.4, 0.5) is 0 Å². The van der Waals surface area contributed by atoms with Crippen LogP contribution in [0.3, 0.4) is 0 Å².